The van der Waals surface area contributed by atoms with Crippen LogP contribution in [0.5, 0.6) is 0 Å². The maximum absolute atomic E-state index is 11.4. The van der Waals surface area contributed by atoms with Crippen molar-refractivity contribution in [2.75, 3.05) is 13.1 Å². The second-order valence-electron chi connectivity index (χ2n) is 6.25. The quantitative estimate of drug-likeness (QED) is 0.772. The van der Waals surface area contributed by atoms with E-state index in [4.69, 9.17) is 0 Å². The van der Waals surface area contributed by atoms with Crippen molar-refractivity contribution in [1.29, 1.82) is 0 Å². The third-order valence-electron chi connectivity index (χ3n) is 5.30. The van der Waals surface area contributed by atoms with Crippen LogP contribution in [-0.4, -0.2) is 46.3 Å². The van der Waals surface area contributed by atoms with Gasteiger partial charge in [0, 0.05) is 6.04 Å². The van der Waals surface area contributed by atoms with Gasteiger partial charge in [0.1, 0.15) is 0 Å². The van der Waals surface area contributed by atoms with Gasteiger partial charge < -0.3 is 10.2 Å². The molecule has 2 aliphatic rings. The van der Waals surface area contributed by atoms with Gasteiger partial charge in [-0.25, -0.2) is 0 Å². The number of hydrogen-bond donors (Lipinski definition) is 2. The molecule has 1 aliphatic heterocycles. The fourth-order valence-electron chi connectivity index (χ4n) is 3.70. The highest BCUT2D eigenvalue weighted by Gasteiger charge is 2.42. The summed E-state index contributed by atoms with van der Waals surface area (Å²) in [5, 5.41) is 19.7. The summed E-state index contributed by atoms with van der Waals surface area (Å²) in [6.45, 7) is 3.62. The Labute approximate surface area is 115 Å². The number of piperidine rings is 1. The number of carboxylic acids is 1. The highest BCUT2D eigenvalue weighted by atomic mass is 16.4. The zero-order chi connectivity index (χ0) is 13.9. The number of nitrogens with zero attached hydrogens (tertiary/aromatic N) is 1. The molecular weight excluding hydrogens is 242 g/mol. The lowest BCUT2D eigenvalue weighted by Gasteiger charge is -2.43. The van der Waals surface area contributed by atoms with Crippen LogP contribution in [-0.2, 0) is 4.79 Å². The van der Waals surface area contributed by atoms with E-state index in [1.807, 2.05) is 6.92 Å². The summed E-state index contributed by atoms with van der Waals surface area (Å²) in [5.74, 6) is -0.643. The van der Waals surface area contributed by atoms with Crippen LogP contribution in [0.4, 0.5) is 0 Å². The number of carbonyl (C=O) groups is 1. The minimum atomic E-state index is -0.643. The van der Waals surface area contributed by atoms with Gasteiger partial charge in [0.2, 0.25) is 0 Å². The Kier molecular flexibility index (Phi) is 4.85. The van der Waals surface area contributed by atoms with Crippen molar-refractivity contribution in [3.63, 3.8) is 0 Å². The van der Waals surface area contributed by atoms with Gasteiger partial charge in [-0.1, -0.05) is 26.2 Å². The molecule has 2 rings (SSSR count). The standard InChI is InChI=1S/C15H27NO3/c1-2-15(14(18)19)8-10-16(11-9-15)12-6-4-3-5-7-13(12)17/h12-13,17H,2-11H2,1H3,(H,18,19). The van der Waals surface area contributed by atoms with Crippen LogP contribution in [0.1, 0.15) is 58.3 Å². The lowest BCUT2D eigenvalue weighted by atomic mass is 9.75. The van der Waals surface area contributed by atoms with Crippen molar-refractivity contribution in [3.8, 4) is 0 Å². The normalized spacial score (nSPS) is 32.7. The molecule has 0 bridgehead atoms. The largest absolute Gasteiger partial charge is 0.481 e. The van der Waals surface area contributed by atoms with Gasteiger partial charge in [0.25, 0.3) is 0 Å². The lowest BCUT2D eigenvalue weighted by molar-refractivity contribution is -0.153. The summed E-state index contributed by atoms with van der Waals surface area (Å²) in [5.41, 5.74) is -0.522. The molecule has 19 heavy (non-hydrogen) atoms. The Morgan fingerprint density at radius 3 is 2.42 bits per heavy atom. The Morgan fingerprint density at radius 1 is 1.21 bits per heavy atom. The van der Waals surface area contributed by atoms with Crippen LogP contribution in [0.3, 0.4) is 0 Å². The molecule has 1 heterocycles. The summed E-state index contributed by atoms with van der Waals surface area (Å²) >= 11 is 0. The number of aliphatic hydroxyl groups excluding tert-OH is 1. The highest BCUT2D eigenvalue weighted by Crippen LogP contribution is 2.37. The zero-order valence-corrected chi connectivity index (χ0v) is 12.0. The summed E-state index contributed by atoms with van der Waals surface area (Å²) < 4.78 is 0. The molecule has 0 aromatic carbocycles. The molecule has 2 N–H and O–H groups in total. The van der Waals surface area contributed by atoms with Crippen molar-refractivity contribution in [1.82, 2.24) is 4.90 Å². The molecule has 0 spiro atoms. The topological polar surface area (TPSA) is 60.8 Å². The Hall–Kier alpha value is -0.610. The minimum absolute atomic E-state index is 0.221. The number of aliphatic hydroxyl groups is 1. The van der Waals surface area contributed by atoms with E-state index in [1.165, 1.54) is 12.8 Å². The van der Waals surface area contributed by atoms with Crippen LogP contribution in [0, 0.1) is 5.41 Å². The maximum Gasteiger partial charge on any atom is 0.309 e. The van der Waals surface area contributed by atoms with E-state index in [9.17, 15) is 15.0 Å². The molecule has 0 amide bonds. The van der Waals surface area contributed by atoms with Gasteiger partial charge in [0.15, 0.2) is 0 Å². The minimum Gasteiger partial charge on any atom is -0.481 e. The fourth-order valence-corrected chi connectivity index (χ4v) is 3.70. The molecule has 0 aromatic heterocycles. The first-order valence-corrected chi connectivity index (χ1v) is 7.74. The molecule has 2 unspecified atom stereocenters. The third kappa shape index (κ3) is 3.11. The van der Waals surface area contributed by atoms with Gasteiger partial charge in [-0.05, 0) is 45.2 Å². The third-order valence-corrected chi connectivity index (χ3v) is 5.30. The van der Waals surface area contributed by atoms with Crippen LogP contribution in [0.2, 0.25) is 0 Å². The van der Waals surface area contributed by atoms with Crippen molar-refractivity contribution >= 4 is 5.97 Å². The first-order valence-electron chi connectivity index (χ1n) is 7.74. The van der Waals surface area contributed by atoms with Gasteiger partial charge in [-0.3, -0.25) is 9.69 Å². The van der Waals surface area contributed by atoms with Gasteiger partial charge in [0.05, 0.1) is 11.5 Å². The van der Waals surface area contributed by atoms with E-state index in [1.54, 1.807) is 0 Å². The molecule has 110 valence electrons. The monoisotopic (exact) mass is 269 g/mol. The summed E-state index contributed by atoms with van der Waals surface area (Å²) in [7, 11) is 0. The molecular formula is C15H27NO3. The number of aliphatic carboxylic acids is 1. The molecule has 1 aliphatic carbocycles. The summed E-state index contributed by atoms with van der Waals surface area (Å²) in [6.07, 6.45) is 7.44. The Bertz CT molecular complexity index is 311. The Balaban J connectivity index is 1.96. The predicted octanol–water partition coefficient (Wildman–Crippen LogP) is 2.26. The first-order chi connectivity index (χ1) is 9.09. The van der Waals surface area contributed by atoms with Gasteiger partial charge >= 0.3 is 5.97 Å². The van der Waals surface area contributed by atoms with E-state index in [0.29, 0.717) is 6.42 Å². The SMILES string of the molecule is CCC1(C(=O)O)CCN(C2CCCCCC2O)CC1. The lowest BCUT2D eigenvalue weighted by Crippen LogP contribution is -2.51. The first kappa shape index (κ1) is 14.8. The van der Waals surface area contributed by atoms with Crippen molar-refractivity contribution in [2.45, 2.75) is 70.4 Å². The van der Waals surface area contributed by atoms with Gasteiger partial charge in [-0.15, -0.1) is 0 Å². The van der Waals surface area contributed by atoms with Crippen LogP contribution < -0.4 is 0 Å². The second kappa shape index (κ2) is 6.23. The van der Waals surface area contributed by atoms with Crippen LogP contribution >= 0.6 is 0 Å². The molecule has 0 aromatic rings. The molecule has 2 atom stereocenters. The van der Waals surface area contributed by atoms with Crippen molar-refractivity contribution in [2.24, 2.45) is 5.41 Å². The number of rotatable bonds is 3. The van der Waals surface area contributed by atoms with Gasteiger partial charge in [-0.2, -0.15) is 0 Å². The van der Waals surface area contributed by atoms with Crippen molar-refractivity contribution < 1.29 is 15.0 Å². The fraction of sp³-hybridized carbons (Fsp3) is 0.933. The van der Waals surface area contributed by atoms with E-state index in [0.717, 1.165) is 45.2 Å². The van der Waals surface area contributed by atoms with E-state index in [-0.39, 0.29) is 12.1 Å². The Morgan fingerprint density at radius 2 is 1.84 bits per heavy atom. The molecule has 1 saturated heterocycles. The maximum atomic E-state index is 11.4. The summed E-state index contributed by atoms with van der Waals surface area (Å²) in [6, 6.07) is 0.256. The zero-order valence-electron chi connectivity index (χ0n) is 12.0. The van der Waals surface area contributed by atoms with Crippen LogP contribution in [0.15, 0.2) is 0 Å². The molecule has 1 saturated carbocycles. The average molecular weight is 269 g/mol. The summed E-state index contributed by atoms with van der Waals surface area (Å²) in [4.78, 5) is 13.8. The van der Waals surface area contributed by atoms with Crippen molar-refractivity contribution in [3.05, 3.63) is 0 Å². The van der Waals surface area contributed by atoms with Crippen LogP contribution in [0.25, 0.3) is 0 Å². The molecule has 2 fully saturated rings. The highest BCUT2D eigenvalue weighted by molar-refractivity contribution is 5.74. The number of likely N-dealkylation sites (tertiary alicyclic amines) is 1. The van der Waals surface area contributed by atoms with E-state index in [2.05, 4.69) is 4.90 Å². The molecule has 4 heteroatoms. The second-order valence-corrected chi connectivity index (χ2v) is 6.25. The van der Waals surface area contributed by atoms with E-state index < -0.39 is 11.4 Å². The molecule has 0 radical (unpaired) electrons. The number of hydrogen-bond acceptors (Lipinski definition) is 3. The smallest absolute Gasteiger partial charge is 0.309 e. The molecule has 4 nitrogen and oxygen atoms in total. The predicted molar refractivity (Wildman–Crippen MR) is 74.0 cm³/mol. The number of carboxylic acid groups (broad SMARTS) is 1. The average Bonchev–Trinajstić information content (AvgIpc) is 2.63. The van der Waals surface area contributed by atoms with E-state index >= 15 is 0 Å².